The Labute approximate surface area is 116 Å². The second-order valence-corrected chi connectivity index (χ2v) is 5.56. The number of amides is 2. The molecule has 0 aromatic carbocycles. The van der Waals surface area contributed by atoms with Gasteiger partial charge in [0.05, 0.1) is 11.8 Å². The molecule has 19 heavy (non-hydrogen) atoms. The van der Waals surface area contributed by atoms with Crippen LogP contribution in [0.5, 0.6) is 0 Å². The number of carbonyl (C=O) groups is 2. The fraction of sp³-hybridized carbons (Fsp3) is 0.867. The SMILES string of the molecule is CCCCCNC(=O)C1CC1C(=O)N(C)CCCC. The molecule has 0 aromatic heterocycles. The second-order valence-electron chi connectivity index (χ2n) is 5.56. The van der Waals surface area contributed by atoms with E-state index in [1.165, 1.54) is 0 Å². The van der Waals surface area contributed by atoms with Crippen LogP contribution in [0, 0.1) is 11.8 Å². The number of unbranched alkanes of at least 4 members (excludes halogenated alkanes) is 3. The highest BCUT2D eigenvalue weighted by atomic mass is 16.2. The molecule has 0 aliphatic heterocycles. The van der Waals surface area contributed by atoms with E-state index >= 15 is 0 Å². The van der Waals surface area contributed by atoms with Crippen molar-refractivity contribution in [3.63, 3.8) is 0 Å². The van der Waals surface area contributed by atoms with E-state index in [0.717, 1.165) is 51.6 Å². The zero-order chi connectivity index (χ0) is 14.3. The van der Waals surface area contributed by atoms with Gasteiger partial charge in [-0.1, -0.05) is 33.1 Å². The number of rotatable bonds is 9. The predicted octanol–water partition coefficient (Wildman–Crippen LogP) is 2.19. The third-order valence-corrected chi connectivity index (χ3v) is 3.75. The smallest absolute Gasteiger partial charge is 0.226 e. The topological polar surface area (TPSA) is 49.4 Å². The molecule has 0 radical (unpaired) electrons. The van der Waals surface area contributed by atoms with E-state index in [4.69, 9.17) is 0 Å². The summed E-state index contributed by atoms with van der Waals surface area (Å²) in [5, 5.41) is 2.94. The Bertz CT molecular complexity index is 305. The lowest BCUT2D eigenvalue weighted by Crippen LogP contribution is -2.32. The van der Waals surface area contributed by atoms with E-state index in [-0.39, 0.29) is 23.7 Å². The van der Waals surface area contributed by atoms with Crippen molar-refractivity contribution in [2.24, 2.45) is 11.8 Å². The Morgan fingerprint density at radius 2 is 1.79 bits per heavy atom. The zero-order valence-electron chi connectivity index (χ0n) is 12.6. The van der Waals surface area contributed by atoms with Gasteiger partial charge in [-0.2, -0.15) is 0 Å². The van der Waals surface area contributed by atoms with E-state index in [1.807, 2.05) is 7.05 Å². The van der Waals surface area contributed by atoms with Gasteiger partial charge in [0.2, 0.25) is 11.8 Å². The van der Waals surface area contributed by atoms with Gasteiger partial charge in [-0.05, 0) is 19.3 Å². The average molecular weight is 268 g/mol. The lowest BCUT2D eigenvalue weighted by atomic mass is 10.2. The molecule has 2 unspecified atom stereocenters. The summed E-state index contributed by atoms with van der Waals surface area (Å²) in [6, 6.07) is 0. The van der Waals surface area contributed by atoms with Crippen molar-refractivity contribution in [2.45, 2.75) is 52.4 Å². The van der Waals surface area contributed by atoms with Gasteiger partial charge in [-0.15, -0.1) is 0 Å². The maximum absolute atomic E-state index is 12.0. The summed E-state index contributed by atoms with van der Waals surface area (Å²) in [5.41, 5.74) is 0. The Morgan fingerprint density at radius 1 is 1.11 bits per heavy atom. The van der Waals surface area contributed by atoms with Crippen molar-refractivity contribution in [3.8, 4) is 0 Å². The van der Waals surface area contributed by atoms with Crippen LogP contribution in [0.4, 0.5) is 0 Å². The van der Waals surface area contributed by atoms with Gasteiger partial charge in [-0.25, -0.2) is 0 Å². The lowest BCUT2D eigenvalue weighted by Gasteiger charge is -2.16. The van der Waals surface area contributed by atoms with Crippen LogP contribution in [0.1, 0.15) is 52.4 Å². The molecule has 2 atom stereocenters. The normalized spacial score (nSPS) is 21.0. The predicted molar refractivity (Wildman–Crippen MR) is 76.7 cm³/mol. The molecule has 1 aliphatic rings. The molecule has 4 heteroatoms. The number of nitrogens with one attached hydrogen (secondary N) is 1. The summed E-state index contributed by atoms with van der Waals surface area (Å²) < 4.78 is 0. The fourth-order valence-corrected chi connectivity index (χ4v) is 2.26. The van der Waals surface area contributed by atoms with Crippen LogP contribution in [0.15, 0.2) is 0 Å². The minimum atomic E-state index is -0.0711. The van der Waals surface area contributed by atoms with Gasteiger partial charge in [0.15, 0.2) is 0 Å². The Hall–Kier alpha value is -1.06. The van der Waals surface area contributed by atoms with E-state index in [0.29, 0.717) is 0 Å². The third kappa shape index (κ3) is 5.21. The van der Waals surface area contributed by atoms with Gasteiger partial charge in [-0.3, -0.25) is 9.59 Å². The zero-order valence-corrected chi connectivity index (χ0v) is 12.6. The standard InChI is InChI=1S/C15H28N2O2/c1-4-6-8-9-16-14(18)12-11-13(12)15(19)17(3)10-7-5-2/h12-13H,4-11H2,1-3H3,(H,16,18). The van der Waals surface area contributed by atoms with Gasteiger partial charge < -0.3 is 10.2 Å². The molecule has 1 rings (SSSR count). The van der Waals surface area contributed by atoms with Crippen molar-refractivity contribution in [1.82, 2.24) is 10.2 Å². The highest BCUT2D eigenvalue weighted by molar-refractivity contribution is 5.92. The van der Waals surface area contributed by atoms with Gasteiger partial charge in [0, 0.05) is 20.1 Å². The fourth-order valence-electron chi connectivity index (χ4n) is 2.26. The molecular formula is C15H28N2O2. The monoisotopic (exact) mass is 268 g/mol. The van der Waals surface area contributed by atoms with Crippen molar-refractivity contribution in [3.05, 3.63) is 0 Å². The molecule has 0 bridgehead atoms. The first-order chi connectivity index (χ1) is 9.11. The molecule has 2 amide bonds. The lowest BCUT2D eigenvalue weighted by molar-refractivity contribution is -0.133. The highest BCUT2D eigenvalue weighted by Crippen LogP contribution is 2.39. The molecule has 0 heterocycles. The van der Waals surface area contributed by atoms with Crippen LogP contribution in [0.3, 0.4) is 0 Å². The van der Waals surface area contributed by atoms with Crippen molar-refractivity contribution >= 4 is 11.8 Å². The molecule has 0 aromatic rings. The molecule has 4 nitrogen and oxygen atoms in total. The quantitative estimate of drug-likeness (QED) is 0.652. The Balaban J connectivity index is 2.21. The van der Waals surface area contributed by atoms with E-state index in [9.17, 15) is 9.59 Å². The first-order valence-corrected chi connectivity index (χ1v) is 7.64. The molecule has 110 valence electrons. The van der Waals surface area contributed by atoms with Crippen molar-refractivity contribution < 1.29 is 9.59 Å². The molecular weight excluding hydrogens is 240 g/mol. The summed E-state index contributed by atoms with van der Waals surface area (Å²) in [6.07, 6.45) is 6.18. The Morgan fingerprint density at radius 3 is 2.42 bits per heavy atom. The van der Waals surface area contributed by atoms with E-state index < -0.39 is 0 Å². The largest absolute Gasteiger partial charge is 0.356 e. The average Bonchev–Trinajstić information content (AvgIpc) is 3.20. The summed E-state index contributed by atoms with van der Waals surface area (Å²) in [5.74, 6) is 0.0757. The maximum Gasteiger partial charge on any atom is 0.226 e. The van der Waals surface area contributed by atoms with Crippen LogP contribution < -0.4 is 5.32 Å². The molecule has 1 fully saturated rings. The first kappa shape index (κ1) is 16.0. The summed E-state index contributed by atoms with van der Waals surface area (Å²) in [7, 11) is 1.84. The first-order valence-electron chi connectivity index (χ1n) is 7.64. The second kappa shape index (κ2) is 8.18. The van der Waals surface area contributed by atoms with Crippen LogP contribution in [0.2, 0.25) is 0 Å². The van der Waals surface area contributed by atoms with Crippen LogP contribution in [-0.2, 0) is 9.59 Å². The number of hydrogen-bond donors (Lipinski definition) is 1. The van der Waals surface area contributed by atoms with Gasteiger partial charge in [0.25, 0.3) is 0 Å². The van der Waals surface area contributed by atoms with Crippen LogP contribution in [0.25, 0.3) is 0 Å². The van der Waals surface area contributed by atoms with E-state index in [1.54, 1.807) is 4.90 Å². The number of nitrogens with zero attached hydrogens (tertiary/aromatic N) is 1. The molecule has 0 saturated heterocycles. The van der Waals surface area contributed by atoms with Crippen molar-refractivity contribution in [1.29, 1.82) is 0 Å². The number of carbonyl (C=O) groups excluding carboxylic acids is 2. The summed E-state index contributed by atoms with van der Waals surface area (Å²) in [6.45, 7) is 5.80. The third-order valence-electron chi connectivity index (χ3n) is 3.75. The summed E-state index contributed by atoms with van der Waals surface area (Å²) >= 11 is 0. The molecule has 1 saturated carbocycles. The van der Waals surface area contributed by atoms with Crippen molar-refractivity contribution in [2.75, 3.05) is 20.1 Å². The van der Waals surface area contributed by atoms with Gasteiger partial charge in [0.1, 0.15) is 0 Å². The highest BCUT2D eigenvalue weighted by Gasteiger charge is 2.48. The minimum absolute atomic E-state index is 0.0620. The summed E-state index contributed by atoms with van der Waals surface area (Å²) in [4.78, 5) is 25.7. The Kier molecular flexibility index (Phi) is 6.89. The maximum atomic E-state index is 12.0. The van der Waals surface area contributed by atoms with E-state index in [2.05, 4.69) is 19.2 Å². The molecule has 1 aliphatic carbocycles. The molecule has 1 N–H and O–H groups in total. The minimum Gasteiger partial charge on any atom is -0.356 e. The van der Waals surface area contributed by atoms with Gasteiger partial charge >= 0.3 is 0 Å². The molecule has 0 spiro atoms. The van der Waals surface area contributed by atoms with Crippen LogP contribution in [-0.4, -0.2) is 36.9 Å². The van der Waals surface area contributed by atoms with Crippen LogP contribution >= 0.6 is 0 Å². The number of hydrogen-bond acceptors (Lipinski definition) is 2.